The first-order chi connectivity index (χ1) is 7.23. The molecule has 0 aliphatic rings. The van der Waals surface area contributed by atoms with Crippen LogP contribution in [0.1, 0.15) is 24.2 Å². The lowest BCUT2D eigenvalue weighted by Gasteiger charge is -2.18. The Morgan fingerprint density at radius 3 is 2.44 bits per heavy atom. The van der Waals surface area contributed by atoms with Crippen molar-refractivity contribution in [2.24, 2.45) is 0 Å². The molecule has 0 aliphatic heterocycles. The summed E-state index contributed by atoms with van der Waals surface area (Å²) in [5.74, 6) is -0.589. The third kappa shape index (κ3) is 2.80. The Bertz CT molecular complexity index is 482. The second kappa shape index (κ2) is 4.51. The van der Waals surface area contributed by atoms with Crippen molar-refractivity contribution >= 4 is 9.84 Å². The third-order valence-corrected chi connectivity index (χ3v) is 4.20. The number of aryl methyl sites for hydroxylation is 1. The smallest absolute Gasteiger partial charge is 0.152 e. The van der Waals surface area contributed by atoms with Crippen LogP contribution in [0.2, 0.25) is 0 Å². The van der Waals surface area contributed by atoms with E-state index in [0.29, 0.717) is 0 Å². The molecular formula is C11H15FO3S. The monoisotopic (exact) mass is 246 g/mol. The Kier molecular flexibility index (Phi) is 3.70. The molecule has 0 saturated carbocycles. The van der Waals surface area contributed by atoms with E-state index in [9.17, 15) is 17.9 Å². The van der Waals surface area contributed by atoms with Crippen molar-refractivity contribution in [1.82, 2.24) is 0 Å². The topological polar surface area (TPSA) is 54.4 Å². The molecule has 2 unspecified atom stereocenters. The van der Waals surface area contributed by atoms with Crippen molar-refractivity contribution in [1.29, 1.82) is 0 Å². The Labute approximate surface area is 94.8 Å². The molecule has 0 amide bonds. The second-order valence-electron chi connectivity index (χ2n) is 4.00. The second-order valence-corrected chi connectivity index (χ2v) is 6.41. The average Bonchev–Trinajstić information content (AvgIpc) is 2.18. The molecule has 3 nitrogen and oxygen atoms in total. The zero-order valence-corrected chi connectivity index (χ0v) is 10.3. The number of sulfone groups is 1. The largest absolute Gasteiger partial charge is 0.387 e. The van der Waals surface area contributed by atoms with E-state index >= 15 is 0 Å². The molecule has 0 spiro atoms. The zero-order valence-electron chi connectivity index (χ0n) is 9.44. The minimum atomic E-state index is -3.40. The van der Waals surface area contributed by atoms with Crippen molar-refractivity contribution in [2.75, 3.05) is 6.26 Å². The number of aliphatic hydroxyl groups is 1. The zero-order chi connectivity index (χ0) is 12.5. The van der Waals surface area contributed by atoms with E-state index in [0.717, 1.165) is 11.8 Å². The van der Waals surface area contributed by atoms with Gasteiger partial charge in [0.15, 0.2) is 9.84 Å². The summed E-state index contributed by atoms with van der Waals surface area (Å²) in [5, 5.41) is 8.79. The predicted octanol–water partition coefficient (Wildman–Crippen LogP) is 1.60. The Morgan fingerprint density at radius 2 is 1.94 bits per heavy atom. The van der Waals surface area contributed by atoms with Crippen molar-refractivity contribution < 1.29 is 17.9 Å². The van der Waals surface area contributed by atoms with Crippen molar-refractivity contribution in [2.45, 2.75) is 25.2 Å². The number of hydrogen-bond donors (Lipinski definition) is 1. The number of hydrogen-bond acceptors (Lipinski definition) is 3. The predicted molar refractivity (Wildman–Crippen MR) is 60.4 cm³/mol. The van der Waals surface area contributed by atoms with Crippen molar-refractivity contribution in [3.8, 4) is 0 Å². The maximum atomic E-state index is 13.4. The Morgan fingerprint density at radius 1 is 1.38 bits per heavy atom. The van der Waals surface area contributed by atoms with Crippen LogP contribution >= 0.6 is 0 Å². The van der Waals surface area contributed by atoms with Gasteiger partial charge in [-0.05, 0) is 19.9 Å². The lowest BCUT2D eigenvalue weighted by molar-refractivity contribution is 0.171. The van der Waals surface area contributed by atoms with Crippen LogP contribution in [-0.4, -0.2) is 25.0 Å². The van der Waals surface area contributed by atoms with Crippen LogP contribution in [0.15, 0.2) is 18.2 Å². The third-order valence-electron chi connectivity index (χ3n) is 2.59. The summed E-state index contributed by atoms with van der Waals surface area (Å²) in [7, 11) is -3.40. The molecule has 0 bridgehead atoms. The molecule has 1 aromatic carbocycles. The molecule has 0 heterocycles. The molecule has 1 N–H and O–H groups in total. The van der Waals surface area contributed by atoms with Gasteiger partial charge in [-0.15, -0.1) is 0 Å². The summed E-state index contributed by atoms with van der Waals surface area (Å²) in [5.41, 5.74) is 0.800. The van der Waals surface area contributed by atoms with E-state index in [1.165, 1.54) is 19.1 Å². The molecular weight excluding hydrogens is 231 g/mol. The molecule has 1 rings (SSSR count). The summed E-state index contributed by atoms with van der Waals surface area (Å²) in [4.78, 5) is 0. The molecule has 2 atom stereocenters. The highest BCUT2D eigenvalue weighted by molar-refractivity contribution is 7.91. The Hall–Kier alpha value is -0.940. The van der Waals surface area contributed by atoms with Gasteiger partial charge in [-0.25, -0.2) is 12.8 Å². The standard InChI is InChI=1S/C11H15FO3S/c1-7-4-5-10(12)9(6-7)11(13)8(2)16(3,14)15/h4-6,8,11,13H,1-3H3. The first kappa shape index (κ1) is 13.1. The van der Waals surface area contributed by atoms with Gasteiger partial charge in [0.1, 0.15) is 5.82 Å². The van der Waals surface area contributed by atoms with Crippen LogP contribution in [0.5, 0.6) is 0 Å². The average molecular weight is 246 g/mol. The van der Waals surface area contributed by atoms with Crippen LogP contribution in [0.25, 0.3) is 0 Å². The van der Waals surface area contributed by atoms with Gasteiger partial charge in [-0.1, -0.05) is 17.7 Å². The molecule has 0 aromatic heterocycles. The number of halogens is 1. The number of benzene rings is 1. The minimum absolute atomic E-state index is 0.0259. The van der Waals surface area contributed by atoms with E-state index in [1.807, 2.05) is 0 Å². The van der Waals surface area contributed by atoms with Crippen LogP contribution in [0.4, 0.5) is 4.39 Å². The fourth-order valence-electron chi connectivity index (χ4n) is 1.38. The number of aliphatic hydroxyl groups excluding tert-OH is 1. The molecule has 16 heavy (non-hydrogen) atoms. The minimum Gasteiger partial charge on any atom is -0.387 e. The van der Waals surface area contributed by atoms with Gasteiger partial charge in [0.05, 0.1) is 11.4 Å². The van der Waals surface area contributed by atoms with E-state index in [4.69, 9.17) is 0 Å². The van der Waals surface area contributed by atoms with E-state index < -0.39 is 27.0 Å². The highest BCUT2D eigenvalue weighted by atomic mass is 32.2. The lowest BCUT2D eigenvalue weighted by atomic mass is 10.0. The van der Waals surface area contributed by atoms with Crippen LogP contribution in [-0.2, 0) is 9.84 Å². The maximum Gasteiger partial charge on any atom is 0.152 e. The molecule has 0 radical (unpaired) electrons. The highest BCUT2D eigenvalue weighted by Crippen LogP contribution is 2.24. The van der Waals surface area contributed by atoms with Crippen LogP contribution < -0.4 is 0 Å². The van der Waals surface area contributed by atoms with Gasteiger partial charge in [0, 0.05) is 11.8 Å². The molecule has 1 aromatic rings. The molecule has 0 fully saturated rings. The highest BCUT2D eigenvalue weighted by Gasteiger charge is 2.27. The van der Waals surface area contributed by atoms with Crippen molar-refractivity contribution in [3.63, 3.8) is 0 Å². The first-order valence-corrected chi connectivity index (χ1v) is 6.82. The van der Waals surface area contributed by atoms with E-state index in [1.54, 1.807) is 13.0 Å². The summed E-state index contributed by atoms with van der Waals surface area (Å²) >= 11 is 0. The van der Waals surface area contributed by atoms with Gasteiger partial charge in [-0.3, -0.25) is 0 Å². The van der Waals surface area contributed by atoms with Crippen molar-refractivity contribution in [3.05, 3.63) is 35.1 Å². The summed E-state index contributed by atoms with van der Waals surface area (Å²) in [6.07, 6.45) is -0.316. The fraction of sp³-hybridized carbons (Fsp3) is 0.455. The summed E-state index contributed by atoms with van der Waals surface area (Å²) < 4.78 is 35.9. The van der Waals surface area contributed by atoms with Gasteiger partial charge < -0.3 is 5.11 Å². The van der Waals surface area contributed by atoms with Gasteiger partial charge >= 0.3 is 0 Å². The first-order valence-electron chi connectivity index (χ1n) is 4.86. The summed E-state index contributed by atoms with van der Waals surface area (Å²) in [6, 6.07) is 4.25. The SMILES string of the molecule is Cc1ccc(F)c(C(O)C(C)S(C)(=O)=O)c1. The molecule has 5 heteroatoms. The maximum absolute atomic E-state index is 13.4. The molecule has 90 valence electrons. The number of rotatable bonds is 3. The van der Waals surface area contributed by atoms with Gasteiger partial charge in [-0.2, -0.15) is 0 Å². The fourth-order valence-corrected chi connectivity index (χ4v) is 1.99. The summed E-state index contributed by atoms with van der Waals surface area (Å²) in [6.45, 7) is 3.11. The molecule has 0 aliphatic carbocycles. The quantitative estimate of drug-likeness (QED) is 0.881. The van der Waals surface area contributed by atoms with Gasteiger partial charge in [0.25, 0.3) is 0 Å². The van der Waals surface area contributed by atoms with Crippen LogP contribution in [0.3, 0.4) is 0 Å². The van der Waals surface area contributed by atoms with Crippen LogP contribution in [0, 0.1) is 12.7 Å². The normalized spacial score (nSPS) is 15.8. The van der Waals surface area contributed by atoms with E-state index in [-0.39, 0.29) is 5.56 Å². The molecule has 0 saturated heterocycles. The van der Waals surface area contributed by atoms with Gasteiger partial charge in [0.2, 0.25) is 0 Å². The van der Waals surface area contributed by atoms with E-state index in [2.05, 4.69) is 0 Å². The lowest BCUT2D eigenvalue weighted by Crippen LogP contribution is -2.25. The Balaban J connectivity index is 3.14.